The molecular weight excluding hydrogens is 264 g/mol. The van der Waals surface area contributed by atoms with E-state index in [2.05, 4.69) is 20.2 Å². The third-order valence-corrected chi connectivity index (χ3v) is 3.97. The maximum atomic E-state index is 12.0. The average Bonchev–Trinajstić information content (AvgIpc) is 2.90. The molecule has 0 aliphatic carbocycles. The molecule has 1 aromatic carbocycles. The van der Waals surface area contributed by atoms with Crippen LogP contribution in [-0.2, 0) is 4.79 Å². The molecule has 2 N–H and O–H groups in total. The van der Waals surface area contributed by atoms with E-state index in [-0.39, 0.29) is 17.9 Å². The molecule has 1 aliphatic rings. The molecule has 2 aromatic rings. The zero-order valence-corrected chi connectivity index (χ0v) is 12.6. The summed E-state index contributed by atoms with van der Waals surface area (Å²) in [6.07, 6.45) is 1.77. The summed E-state index contributed by atoms with van der Waals surface area (Å²) in [5.41, 5.74) is 2.05. The second-order valence-electron chi connectivity index (χ2n) is 6.00. The molecule has 5 heteroatoms. The van der Waals surface area contributed by atoms with Gasteiger partial charge in [-0.3, -0.25) is 4.79 Å². The van der Waals surface area contributed by atoms with Gasteiger partial charge in [-0.15, -0.1) is 0 Å². The van der Waals surface area contributed by atoms with Crippen LogP contribution in [-0.4, -0.2) is 35.0 Å². The van der Waals surface area contributed by atoms with Crippen LogP contribution in [0.5, 0.6) is 0 Å². The third-order valence-electron chi connectivity index (χ3n) is 3.97. The lowest BCUT2D eigenvalue weighted by Gasteiger charge is -2.31. The van der Waals surface area contributed by atoms with E-state index < -0.39 is 0 Å². The van der Waals surface area contributed by atoms with Gasteiger partial charge in [-0.25, -0.2) is 4.98 Å². The summed E-state index contributed by atoms with van der Waals surface area (Å²) in [4.78, 5) is 22.3. The Labute approximate surface area is 124 Å². The Morgan fingerprint density at radius 2 is 2.05 bits per heavy atom. The molecule has 0 spiro atoms. The van der Waals surface area contributed by atoms with E-state index in [9.17, 15) is 4.79 Å². The summed E-state index contributed by atoms with van der Waals surface area (Å²) < 4.78 is 0. The molecule has 1 aromatic heterocycles. The van der Waals surface area contributed by atoms with E-state index in [1.54, 1.807) is 0 Å². The van der Waals surface area contributed by atoms with E-state index in [1.807, 2.05) is 38.1 Å². The number of carbonyl (C=O) groups excluding carboxylic acids is 1. The number of rotatable bonds is 3. The summed E-state index contributed by atoms with van der Waals surface area (Å²) in [7, 11) is 0. The summed E-state index contributed by atoms with van der Waals surface area (Å²) >= 11 is 0. The van der Waals surface area contributed by atoms with Crippen molar-refractivity contribution < 1.29 is 4.79 Å². The number of aromatic amines is 1. The number of fused-ring (bicyclic) bond motifs is 1. The molecule has 0 saturated carbocycles. The SMILES string of the molecule is CC(C)NC(=O)C1CCN(c2nc3ccccc3[nH]2)CC1. The van der Waals surface area contributed by atoms with E-state index in [0.29, 0.717) is 0 Å². The van der Waals surface area contributed by atoms with Crippen molar-refractivity contribution in [3.63, 3.8) is 0 Å². The molecule has 5 nitrogen and oxygen atoms in total. The van der Waals surface area contributed by atoms with Crippen molar-refractivity contribution in [3.05, 3.63) is 24.3 Å². The monoisotopic (exact) mass is 286 g/mol. The van der Waals surface area contributed by atoms with Crippen LogP contribution in [0.25, 0.3) is 11.0 Å². The van der Waals surface area contributed by atoms with E-state index in [4.69, 9.17) is 0 Å². The lowest BCUT2D eigenvalue weighted by Crippen LogP contribution is -2.42. The highest BCUT2D eigenvalue weighted by molar-refractivity contribution is 5.79. The Morgan fingerprint density at radius 1 is 1.33 bits per heavy atom. The Hall–Kier alpha value is -2.04. The molecular formula is C16H22N4O. The number of hydrogen-bond donors (Lipinski definition) is 2. The quantitative estimate of drug-likeness (QED) is 0.910. The molecule has 1 amide bonds. The Morgan fingerprint density at radius 3 is 2.71 bits per heavy atom. The Balaban J connectivity index is 1.64. The number of H-pyrrole nitrogens is 1. The van der Waals surface area contributed by atoms with Crippen molar-refractivity contribution in [1.29, 1.82) is 0 Å². The number of nitrogens with zero attached hydrogens (tertiary/aromatic N) is 2. The van der Waals surface area contributed by atoms with Gasteiger partial charge in [-0.1, -0.05) is 12.1 Å². The molecule has 112 valence electrons. The van der Waals surface area contributed by atoms with Crippen molar-refractivity contribution in [2.45, 2.75) is 32.7 Å². The van der Waals surface area contributed by atoms with Gasteiger partial charge >= 0.3 is 0 Å². The lowest BCUT2D eigenvalue weighted by atomic mass is 9.96. The molecule has 1 aliphatic heterocycles. The molecule has 0 radical (unpaired) electrons. The number of carbonyl (C=O) groups is 1. The maximum absolute atomic E-state index is 12.0. The zero-order chi connectivity index (χ0) is 14.8. The van der Waals surface area contributed by atoms with Gasteiger partial charge < -0.3 is 15.2 Å². The minimum atomic E-state index is 0.132. The topological polar surface area (TPSA) is 61.0 Å². The first-order chi connectivity index (χ1) is 10.1. The van der Waals surface area contributed by atoms with E-state index >= 15 is 0 Å². The van der Waals surface area contributed by atoms with Crippen molar-refractivity contribution in [3.8, 4) is 0 Å². The summed E-state index contributed by atoms with van der Waals surface area (Å²) in [6, 6.07) is 8.26. The maximum Gasteiger partial charge on any atom is 0.223 e. The number of aromatic nitrogens is 2. The van der Waals surface area contributed by atoms with E-state index in [0.717, 1.165) is 42.9 Å². The predicted octanol–water partition coefficient (Wildman–Crippen LogP) is 2.30. The molecule has 21 heavy (non-hydrogen) atoms. The van der Waals surface area contributed by atoms with Gasteiger partial charge in [-0.05, 0) is 38.8 Å². The van der Waals surface area contributed by atoms with E-state index in [1.165, 1.54) is 0 Å². The number of nitrogens with one attached hydrogen (secondary N) is 2. The largest absolute Gasteiger partial charge is 0.354 e. The highest BCUT2D eigenvalue weighted by atomic mass is 16.1. The highest BCUT2D eigenvalue weighted by Gasteiger charge is 2.26. The van der Waals surface area contributed by atoms with Crippen LogP contribution in [0.3, 0.4) is 0 Å². The van der Waals surface area contributed by atoms with Crippen LogP contribution in [0.15, 0.2) is 24.3 Å². The second-order valence-corrected chi connectivity index (χ2v) is 6.00. The van der Waals surface area contributed by atoms with Crippen LogP contribution in [0.2, 0.25) is 0 Å². The van der Waals surface area contributed by atoms with Crippen LogP contribution in [0.1, 0.15) is 26.7 Å². The fourth-order valence-corrected chi connectivity index (χ4v) is 2.84. The standard InChI is InChI=1S/C16H22N4O/c1-11(2)17-15(21)12-7-9-20(10-8-12)16-18-13-5-3-4-6-14(13)19-16/h3-6,11-12H,7-10H2,1-2H3,(H,17,21)(H,18,19). The first-order valence-corrected chi connectivity index (χ1v) is 7.63. The van der Waals surface area contributed by atoms with Crippen molar-refractivity contribution in [2.24, 2.45) is 5.92 Å². The van der Waals surface area contributed by atoms with Gasteiger partial charge in [0.1, 0.15) is 0 Å². The highest BCUT2D eigenvalue weighted by Crippen LogP contribution is 2.23. The average molecular weight is 286 g/mol. The minimum absolute atomic E-state index is 0.132. The number of piperidine rings is 1. The predicted molar refractivity (Wildman–Crippen MR) is 84.3 cm³/mol. The smallest absolute Gasteiger partial charge is 0.223 e. The lowest BCUT2D eigenvalue weighted by molar-refractivity contribution is -0.126. The number of amides is 1. The van der Waals surface area contributed by atoms with Gasteiger partial charge in [0.05, 0.1) is 11.0 Å². The van der Waals surface area contributed by atoms with Crippen molar-refractivity contribution in [1.82, 2.24) is 15.3 Å². The minimum Gasteiger partial charge on any atom is -0.354 e. The van der Waals surface area contributed by atoms with Crippen LogP contribution >= 0.6 is 0 Å². The first-order valence-electron chi connectivity index (χ1n) is 7.63. The normalized spacial score (nSPS) is 16.6. The van der Waals surface area contributed by atoms with Gasteiger partial charge in [-0.2, -0.15) is 0 Å². The molecule has 0 unspecified atom stereocenters. The van der Waals surface area contributed by atoms with Crippen molar-refractivity contribution >= 4 is 22.9 Å². The fourth-order valence-electron chi connectivity index (χ4n) is 2.84. The molecule has 2 heterocycles. The third kappa shape index (κ3) is 3.01. The van der Waals surface area contributed by atoms with Gasteiger partial charge in [0.2, 0.25) is 11.9 Å². The van der Waals surface area contributed by atoms with Crippen molar-refractivity contribution in [2.75, 3.05) is 18.0 Å². The molecule has 0 bridgehead atoms. The molecule has 3 rings (SSSR count). The number of benzene rings is 1. The van der Waals surface area contributed by atoms with Crippen LogP contribution in [0, 0.1) is 5.92 Å². The fraction of sp³-hybridized carbons (Fsp3) is 0.500. The Bertz CT molecular complexity index is 593. The van der Waals surface area contributed by atoms with Crippen LogP contribution in [0.4, 0.5) is 5.95 Å². The number of anilines is 1. The number of hydrogen-bond acceptors (Lipinski definition) is 3. The molecule has 1 saturated heterocycles. The zero-order valence-electron chi connectivity index (χ0n) is 12.6. The molecule has 0 atom stereocenters. The van der Waals surface area contributed by atoms with Gasteiger partial charge in [0, 0.05) is 25.0 Å². The Kier molecular flexibility index (Phi) is 3.82. The van der Waals surface area contributed by atoms with Gasteiger partial charge in [0.25, 0.3) is 0 Å². The van der Waals surface area contributed by atoms with Crippen LogP contribution < -0.4 is 10.2 Å². The summed E-state index contributed by atoms with van der Waals surface area (Å²) in [6.45, 7) is 5.74. The molecule has 1 fully saturated rings. The van der Waals surface area contributed by atoms with Gasteiger partial charge in [0.15, 0.2) is 0 Å². The summed E-state index contributed by atoms with van der Waals surface area (Å²) in [5.74, 6) is 1.24. The summed E-state index contributed by atoms with van der Waals surface area (Å²) in [5, 5.41) is 3.01. The number of para-hydroxylation sites is 2. The number of imidazole rings is 1. The first kappa shape index (κ1) is 13.9. The second kappa shape index (κ2) is 5.76.